The Morgan fingerprint density at radius 2 is 1.30 bits per heavy atom. The van der Waals surface area contributed by atoms with Crippen molar-refractivity contribution in [3.63, 3.8) is 0 Å². The van der Waals surface area contributed by atoms with Crippen LogP contribution in [0.4, 0.5) is 13.2 Å². The van der Waals surface area contributed by atoms with Crippen molar-refractivity contribution in [1.29, 1.82) is 0 Å². The van der Waals surface area contributed by atoms with Crippen molar-refractivity contribution in [2.24, 2.45) is 0 Å². The molecule has 0 aliphatic heterocycles. The maximum Gasteiger partial charge on any atom is 0.417 e. The molecule has 1 aromatic heterocycles. The summed E-state index contributed by atoms with van der Waals surface area (Å²) in [5.41, 5.74) is 1.17. The van der Waals surface area contributed by atoms with Gasteiger partial charge in [-0.3, -0.25) is 0 Å². The Morgan fingerprint density at radius 3 is 2.00 bits per heavy atom. The summed E-state index contributed by atoms with van der Waals surface area (Å²) in [4.78, 5) is 4.54. The smallest absolute Gasteiger partial charge is 0.417 e. The third-order valence-electron chi connectivity index (χ3n) is 4.69. The van der Waals surface area contributed by atoms with E-state index in [0.29, 0.717) is 28.1 Å². The van der Waals surface area contributed by atoms with E-state index in [1.54, 1.807) is 42.5 Å². The van der Waals surface area contributed by atoms with Crippen molar-refractivity contribution in [1.82, 2.24) is 4.98 Å². The Morgan fingerprint density at radius 1 is 0.633 bits per heavy atom. The summed E-state index contributed by atoms with van der Waals surface area (Å²) in [7, 11) is 0. The minimum atomic E-state index is -4.53. The molecule has 150 valence electrons. The lowest BCUT2D eigenvalue weighted by Crippen LogP contribution is -2.07. The second-order valence-corrected chi connectivity index (χ2v) is 6.74. The lowest BCUT2D eigenvalue weighted by molar-refractivity contribution is -0.137. The molecule has 0 amide bonds. The molecule has 3 aromatic carbocycles. The number of aromatic hydroxyl groups is 2. The normalized spacial score (nSPS) is 11.4. The van der Waals surface area contributed by atoms with Gasteiger partial charge in [-0.15, -0.1) is 0 Å². The third kappa shape index (κ3) is 3.85. The molecule has 0 spiro atoms. The predicted molar refractivity (Wildman–Crippen MR) is 109 cm³/mol. The van der Waals surface area contributed by atoms with Gasteiger partial charge in [0.25, 0.3) is 0 Å². The van der Waals surface area contributed by atoms with Crippen LogP contribution in [0, 0.1) is 0 Å². The van der Waals surface area contributed by atoms with Gasteiger partial charge >= 0.3 is 6.18 Å². The van der Waals surface area contributed by atoms with Crippen LogP contribution in [0.15, 0.2) is 84.9 Å². The number of rotatable bonds is 3. The van der Waals surface area contributed by atoms with E-state index in [1.165, 1.54) is 36.4 Å². The standard InChI is InChI=1S/C24H16F3NO2/c25-24(26,27)20-10-3-1-8-18(20)16-13-21(15-6-5-7-17(29)12-15)28-22(14-16)19-9-2-4-11-23(19)30/h1-14,29-30H. The zero-order chi connectivity index (χ0) is 21.3. The second-order valence-electron chi connectivity index (χ2n) is 6.74. The van der Waals surface area contributed by atoms with Crippen molar-refractivity contribution in [2.75, 3.05) is 0 Å². The summed E-state index contributed by atoms with van der Waals surface area (Å²) in [5, 5.41) is 20.1. The number of hydrogen-bond donors (Lipinski definition) is 2. The molecule has 0 saturated carbocycles. The Bertz CT molecular complexity index is 1220. The molecular weight excluding hydrogens is 391 g/mol. The summed E-state index contributed by atoms with van der Waals surface area (Å²) >= 11 is 0. The van der Waals surface area contributed by atoms with Gasteiger partial charge in [0.1, 0.15) is 11.5 Å². The quantitative estimate of drug-likeness (QED) is 0.407. The monoisotopic (exact) mass is 407 g/mol. The first kappa shape index (κ1) is 19.5. The van der Waals surface area contributed by atoms with Gasteiger partial charge in [0.15, 0.2) is 0 Å². The summed E-state index contributed by atoms with van der Waals surface area (Å²) < 4.78 is 40.8. The fourth-order valence-corrected chi connectivity index (χ4v) is 3.31. The fraction of sp³-hybridized carbons (Fsp3) is 0.0417. The van der Waals surface area contributed by atoms with E-state index in [0.717, 1.165) is 6.07 Å². The highest BCUT2D eigenvalue weighted by atomic mass is 19.4. The number of benzene rings is 3. The van der Waals surface area contributed by atoms with Gasteiger partial charge in [0.2, 0.25) is 0 Å². The van der Waals surface area contributed by atoms with Crippen molar-refractivity contribution >= 4 is 0 Å². The van der Waals surface area contributed by atoms with E-state index in [4.69, 9.17) is 0 Å². The first-order chi connectivity index (χ1) is 14.3. The Labute approximate surface area is 170 Å². The van der Waals surface area contributed by atoms with Crippen LogP contribution in [0.1, 0.15) is 5.56 Å². The number of hydrogen-bond acceptors (Lipinski definition) is 3. The van der Waals surface area contributed by atoms with E-state index < -0.39 is 11.7 Å². The highest BCUT2D eigenvalue weighted by Gasteiger charge is 2.33. The molecule has 0 unspecified atom stereocenters. The molecule has 0 atom stereocenters. The summed E-state index contributed by atoms with van der Waals surface area (Å²) in [5.74, 6) is -0.0207. The van der Waals surface area contributed by atoms with Crippen LogP contribution in [0.2, 0.25) is 0 Å². The molecule has 3 nitrogen and oxygen atoms in total. The van der Waals surface area contributed by atoms with Gasteiger partial charge in [-0.1, -0.05) is 42.5 Å². The van der Waals surface area contributed by atoms with Gasteiger partial charge < -0.3 is 10.2 Å². The first-order valence-electron chi connectivity index (χ1n) is 9.09. The van der Waals surface area contributed by atoms with Gasteiger partial charge in [-0.05, 0) is 53.6 Å². The van der Waals surface area contributed by atoms with Crippen LogP contribution in [-0.4, -0.2) is 15.2 Å². The molecule has 2 N–H and O–H groups in total. The Balaban J connectivity index is 2.00. The van der Waals surface area contributed by atoms with Gasteiger partial charge in [0.05, 0.1) is 17.0 Å². The molecule has 4 rings (SSSR count). The molecular formula is C24H16F3NO2. The van der Waals surface area contributed by atoms with Crippen molar-refractivity contribution in [3.8, 4) is 45.1 Å². The lowest BCUT2D eigenvalue weighted by atomic mass is 9.96. The highest BCUT2D eigenvalue weighted by molar-refractivity contribution is 5.80. The Kier molecular flexibility index (Phi) is 4.91. The molecule has 0 bridgehead atoms. The van der Waals surface area contributed by atoms with Crippen molar-refractivity contribution < 1.29 is 23.4 Å². The van der Waals surface area contributed by atoms with Gasteiger partial charge in [-0.25, -0.2) is 4.98 Å². The number of pyridine rings is 1. The molecule has 0 saturated heterocycles. The number of para-hydroxylation sites is 1. The SMILES string of the molecule is Oc1cccc(-c2cc(-c3ccccc3C(F)(F)F)cc(-c3ccccc3O)n2)c1. The van der Waals surface area contributed by atoms with E-state index in [2.05, 4.69) is 4.98 Å². The summed E-state index contributed by atoms with van der Waals surface area (Å²) in [6.45, 7) is 0. The summed E-state index contributed by atoms with van der Waals surface area (Å²) in [6.07, 6.45) is -4.53. The maximum atomic E-state index is 13.6. The fourth-order valence-electron chi connectivity index (χ4n) is 3.31. The average Bonchev–Trinajstić information content (AvgIpc) is 2.73. The minimum Gasteiger partial charge on any atom is -0.508 e. The molecule has 6 heteroatoms. The van der Waals surface area contributed by atoms with Crippen molar-refractivity contribution in [2.45, 2.75) is 6.18 Å². The topological polar surface area (TPSA) is 53.4 Å². The first-order valence-corrected chi connectivity index (χ1v) is 9.09. The number of phenols is 2. The number of halogens is 3. The third-order valence-corrected chi connectivity index (χ3v) is 4.69. The molecule has 0 aliphatic carbocycles. The Hall–Kier alpha value is -3.80. The largest absolute Gasteiger partial charge is 0.508 e. The van der Waals surface area contributed by atoms with Gasteiger partial charge in [-0.2, -0.15) is 13.2 Å². The molecule has 1 heterocycles. The zero-order valence-electron chi connectivity index (χ0n) is 15.6. The maximum absolute atomic E-state index is 13.6. The molecule has 0 aliphatic rings. The minimum absolute atomic E-state index is 0.00507. The van der Waals surface area contributed by atoms with Crippen LogP contribution >= 0.6 is 0 Å². The molecule has 0 fully saturated rings. The van der Waals surface area contributed by atoms with Crippen LogP contribution in [-0.2, 0) is 6.18 Å². The second kappa shape index (κ2) is 7.55. The van der Waals surface area contributed by atoms with E-state index in [9.17, 15) is 23.4 Å². The van der Waals surface area contributed by atoms with Crippen LogP contribution < -0.4 is 0 Å². The van der Waals surface area contributed by atoms with Crippen molar-refractivity contribution in [3.05, 3.63) is 90.5 Å². The number of aromatic nitrogens is 1. The summed E-state index contributed by atoms with van der Waals surface area (Å²) in [6, 6.07) is 21.2. The van der Waals surface area contributed by atoms with Crippen LogP contribution in [0.5, 0.6) is 11.5 Å². The molecule has 0 radical (unpaired) electrons. The number of nitrogens with zero attached hydrogens (tertiary/aromatic N) is 1. The lowest BCUT2D eigenvalue weighted by Gasteiger charge is -2.15. The zero-order valence-corrected chi connectivity index (χ0v) is 15.6. The highest BCUT2D eigenvalue weighted by Crippen LogP contribution is 2.40. The van der Waals surface area contributed by atoms with Crippen LogP contribution in [0.3, 0.4) is 0 Å². The van der Waals surface area contributed by atoms with E-state index >= 15 is 0 Å². The number of alkyl halides is 3. The predicted octanol–water partition coefficient (Wildman–Crippen LogP) is 6.51. The number of phenolic OH excluding ortho intramolecular Hbond substituents is 2. The molecule has 4 aromatic rings. The average molecular weight is 407 g/mol. The van der Waals surface area contributed by atoms with E-state index in [1.807, 2.05) is 0 Å². The van der Waals surface area contributed by atoms with E-state index in [-0.39, 0.29) is 17.1 Å². The van der Waals surface area contributed by atoms with Gasteiger partial charge in [0, 0.05) is 11.1 Å². The molecule has 30 heavy (non-hydrogen) atoms. The van der Waals surface area contributed by atoms with Crippen LogP contribution in [0.25, 0.3) is 33.6 Å².